The van der Waals surface area contributed by atoms with Crippen LogP contribution in [0.1, 0.15) is 25.1 Å². The topological polar surface area (TPSA) is 42.7 Å². The minimum Gasteiger partial charge on any atom is -0.311 e. The number of nitrogens with zero attached hydrogens (tertiary/aromatic N) is 3. The molecule has 0 radical (unpaired) electrons. The molecule has 0 aliphatic carbocycles. The van der Waals surface area contributed by atoms with Crippen LogP contribution in [0, 0.1) is 12.8 Å². The number of hydrogen-bond donors (Lipinski definition) is 1. The number of hydrogen-bond acceptors (Lipinski definition) is 3. The summed E-state index contributed by atoms with van der Waals surface area (Å²) in [6.07, 6.45) is 1.82. The first-order valence-corrected chi connectivity index (χ1v) is 6.34. The Labute approximate surface area is 108 Å². The lowest BCUT2D eigenvalue weighted by atomic mass is 10.2. The van der Waals surface area contributed by atoms with Gasteiger partial charge in [-0.3, -0.25) is 0 Å². The Balaban J connectivity index is 2.12. The largest absolute Gasteiger partial charge is 0.311 e. The third-order valence-corrected chi connectivity index (χ3v) is 2.72. The minimum atomic E-state index is 0.647. The summed E-state index contributed by atoms with van der Waals surface area (Å²) in [5.74, 6) is 0.647. The van der Waals surface area contributed by atoms with Crippen molar-refractivity contribution in [3.63, 3.8) is 0 Å². The molecule has 0 saturated heterocycles. The number of rotatable bonds is 5. The molecule has 0 fully saturated rings. The van der Waals surface area contributed by atoms with Crippen LogP contribution in [-0.2, 0) is 6.54 Å². The highest BCUT2D eigenvalue weighted by Gasteiger charge is 2.06. The van der Waals surface area contributed by atoms with Crippen LogP contribution in [0.2, 0.25) is 0 Å². The molecule has 0 aliphatic heterocycles. The van der Waals surface area contributed by atoms with E-state index in [1.54, 1.807) is 0 Å². The first-order valence-electron chi connectivity index (χ1n) is 6.34. The molecule has 0 saturated carbocycles. The lowest BCUT2D eigenvalue weighted by molar-refractivity contribution is 0.542. The molecule has 2 aromatic rings. The molecule has 1 heterocycles. The summed E-state index contributed by atoms with van der Waals surface area (Å²) in [5.41, 5.74) is 3.37. The molecular formula is C14H20N4. The number of aryl methyl sites for hydroxylation is 1. The van der Waals surface area contributed by atoms with Crippen molar-refractivity contribution in [1.29, 1.82) is 0 Å². The maximum absolute atomic E-state index is 4.15. The van der Waals surface area contributed by atoms with Crippen molar-refractivity contribution in [3.8, 4) is 5.69 Å². The fraction of sp³-hybridized carbons (Fsp3) is 0.429. The zero-order valence-electron chi connectivity index (χ0n) is 11.2. The van der Waals surface area contributed by atoms with Gasteiger partial charge in [0.05, 0.1) is 17.6 Å². The van der Waals surface area contributed by atoms with E-state index in [9.17, 15) is 0 Å². The quantitative estimate of drug-likeness (QED) is 0.877. The second-order valence-corrected chi connectivity index (χ2v) is 5.00. The van der Waals surface area contributed by atoms with Crippen LogP contribution in [0.25, 0.3) is 5.69 Å². The van der Waals surface area contributed by atoms with Crippen molar-refractivity contribution in [3.05, 3.63) is 41.7 Å². The van der Waals surface area contributed by atoms with Gasteiger partial charge in [-0.15, -0.1) is 5.10 Å². The molecule has 96 valence electrons. The van der Waals surface area contributed by atoms with Crippen LogP contribution in [0.4, 0.5) is 0 Å². The third kappa shape index (κ3) is 3.17. The zero-order chi connectivity index (χ0) is 13.0. The fourth-order valence-electron chi connectivity index (χ4n) is 1.84. The molecule has 0 spiro atoms. The van der Waals surface area contributed by atoms with Gasteiger partial charge in [-0.05, 0) is 37.1 Å². The highest BCUT2D eigenvalue weighted by Crippen LogP contribution is 2.11. The monoisotopic (exact) mass is 244 g/mol. The van der Waals surface area contributed by atoms with E-state index in [2.05, 4.69) is 48.5 Å². The normalized spacial score (nSPS) is 11.1. The molecule has 0 atom stereocenters. The standard InChI is InChI=1S/C14H20N4/c1-11(2)8-15-9-14-10-16-17-18(14)13-6-4-5-12(3)7-13/h4-7,10-11,15H,8-9H2,1-3H3. The Hall–Kier alpha value is -1.68. The molecule has 1 aromatic carbocycles. The number of aromatic nitrogens is 3. The first-order chi connectivity index (χ1) is 8.66. The van der Waals surface area contributed by atoms with Crippen LogP contribution in [-0.4, -0.2) is 21.5 Å². The molecule has 0 amide bonds. The fourth-order valence-corrected chi connectivity index (χ4v) is 1.84. The average molecular weight is 244 g/mol. The Kier molecular flexibility index (Phi) is 4.10. The smallest absolute Gasteiger partial charge is 0.0783 e. The van der Waals surface area contributed by atoms with E-state index in [1.807, 2.05) is 23.0 Å². The number of nitrogens with one attached hydrogen (secondary N) is 1. The summed E-state index contributed by atoms with van der Waals surface area (Å²) in [6, 6.07) is 8.28. The zero-order valence-corrected chi connectivity index (χ0v) is 11.2. The van der Waals surface area contributed by atoms with Crippen LogP contribution >= 0.6 is 0 Å². The van der Waals surface area contributed by atoms with E-state index in [0.717, 1.165) is 24.5 Å². The minimum absolute atomic E-state index is 0.647. The van der Waals surface area contributed by atoms with E-state index in [1.165, 1.54) is 5.56 Å². The van der Waals surface area contributed by atoms with Gasteiger partial charge in [-0.1, -0.05) is 31.2 Å². The van der Waals surface area contributed by atoms with Gasteiger partial charge in [0.1, 0.15) is 0 Å². The summed E-state index contributed by atoms with van der Waals surface area (Å²) in [7, 11) is 0. The van der Waals surface area contributed by atoms with Crippen LogP contribution < -0.4 is 5.32 Å². The Morgan fingerprint density at radius 3 is 2.89 bits per heavy atom. The molecule has 0 aliphatic rings. The van der Waals surface area contributed by atoms with Crippen molar-refractivity contribution in [2.45, 2.75) is 27.3 Å². The Morgan fingerprint density at radius 2 is 2.17 bits per heavy atom. The molecule has 1 aromatic heterocycles. The highest BCUT2D eigenvalue weighted by atomic mass is 15.4. The summed E-state index contributed by atoms with van der Waals surface area (Å²) in [5, 5.41) is 11.6. The van der Waals surface area contributed by atoms with Crippen molar-refractivity contribution >= 4 is 0 Å². The van der Waals surface area contributed by atoms with Crippen LogP contribution in [0.5, 0.6) is 0 Å². The van der Waals surface area contributed by atoms with E-state index < -0.39 is 0 Å². The molecule has 2 rings (SSSR count). The van der Waals surface area contributed by atoms with Crippen molar-refractivity contribution in [2.24, 2.45) is 5.92 Å². The molecule has 4 nitrogen and oxygen atoms in total. The van der Waals surface area contributed by atoms with Gasteiger partial charge in [-0.25, -0.2) is 4.68 Å². The van der Waals surface area contributed by atoms with E-state index in [0.29, 0.717) is 5.92 Å². The first kappa shape index (κ1) is 12.8. The Bertz CT molecular complexity index is 502. The molecule has 4 heteroatoms. The molecular weight excluding hydrogens is 224 g/mol. The van der Waals surface area contributed by atoms with Gasteiger partial charge in [0.25, 0.3) is 0 Å². The highest BCUT2D eigenvalue weighted by molar-refractivity contribution is 5.35. The van der Waals surface area contributed by atoms with E-state index >= 15 is 0 Å². The van der Waals surface area contributed by atoms with Gasteiger partial charge in [-0.2, -0.15) is 0 Å². The van der Waals surface area contributed by atoms with E-state index in [4.69, 9.17) is 0 Å². The lowest BCUT2D eigenvalue weighted by Crippen LogP contribution is -2.20. The van der Waals surface area contributed by atoms with Crippen molar-refractivity contribution in [1.82, 2.24) is 20.3 Å². The van der Waals surface area contributed by atoms with Crippen molar-refractivity contribution < 1.29 is 0 Å². The summed E-state index contributed by atoms with van der Waals surface area (Å²) >= 11 is 0. The summed E-state index contributed by atoms with van der Waals surface area (Å²) < 4.78 is 1.89. The third-order valence-electron chi connectivity index (χ3n) is 2.72. The maximum Gasteiger partial charge on any atom is 0.0783 e. The molecule has 1 N–H and O–H groups in total. The second-order valence-electron chi connectivity index (χ2n) is 5.00. The molecule has 18 heavy (non-hydrogen) atoms. The molecule has 0 unspecified atom stereocenters. The van der Waals surface area contributed by atoms with E-state index in [-0.39, 0.29) is 0 Å². The van der Waals surface area contributed by atoms with Gasteiger partial charge >= 0.3 is 0 Å². The van der Waals surface area contributed by atoms with Gasteiger partial charge in [0.15, 0.2) is 0 Å². The Morgan fingerprint density at radius 1 is 1.33 bits per heavy atom. The molecule has 0 bridgehead atoms. The SMILES string of the molecule is Cc1cccc(-n2nncc2CNCC(C)C)c1. The van der Waals surface area contributed by atoms with Gasteiger partial charge in [0, 0.05) is 6.54 Å². The lowest BCUT2D eigenvalue weighted by Gasteiger charge is -2.09. The average Bonchev–Trinajstić information content (AvgIpc) is 2.77. The predicted molar refractivity (Wildman–Crippen MR) is 72.6 cm³/mol. The van der Waals surface area contributed by atoms with Crippen LogP contribution in [0.15, 0.2) is 30.5 Å². The number of benzene rings is 1. The maximum atomic E-state index is 4.15. The second kappa shape index (κ2) is 5.78. The van der Waals surface area contributed by atoms with Crippen LogP contribution in [0.3, 0.4) is 0 Å². The summed E-state index contributed by atoms with van der Waals surface area (Å²) in [4.78, 5) is 0. The van der Waals surface area contributed by atoms with Gasteiger partial charge in [0.2, 0.25) is 0 Å². The van der Waals surface area contributed by atoms with Gasteiger partial charge < -0.3 is 5.32 Å². The summed E-state index contributed by atoms with van der Waals surface area (Å²) in [6.45, 7) is 8.27. The van der Waals surface area contributed by atoms with Crippen molar-refractivity contribution in [2.75, 3.05) is 6.54 Å². The predicted octanol–water partition coefficient (Wildman–Crippen LogP) is 2.32.